The maximum atomic E-state index is 13.9. The van der Waals surface area contributed by atoms with Gasteiger partial charge in [0.15, 0.2) is 0 Å². The Hall–Kier alpha value is -11.8. The molecule has 0 fully saturated rings. The van der Waals surface area contributed by atoms with E-state index >= 15 is 0 Å². The summed E-state index contributed by atoms with van der Waals surface area (Å²) in [5, 5.41) is 9.89. The van der Waals surface area contributed by atoms with Crippen molar-refractivity contribution in [2.75, 3.05) is 9.80 Å². The van der Waals surface area contributed by atoms with E-state index in [2.05, 4.69) is 281 Å². The number of halogens is 3. The van der Waals surface area contributed by atoms with Crippen molar-refractivity contribution in [3.8, 4) is 72.4 Å². The molecule has 536 valence electrons. The summed E-state index contributed by atoms with van der Waals surface area (Å²) in [4.78, 5) is 6.71. The van der Waals surface area contributed by atoms with Gasteiger partial charge in [0, 0.05) is 96.5 Å². The van der Waals surface area contributed by atoms with Crippen LogP contribution in [0.5, 0.6) is 0 Å². The lowest BCUT2D eigenvalue weighted by molar-refractivity contribution is 0.597. The van der Waals surface area contributed by atoms with Crippen LogP contribution in [0, 0.1) is 0 Å². The van der Waals surface area contributed by atoms with Crippen molar-refractivity contribution >= 4 is 166 Å². The minimum Gasteiger partial charge on any atom is -0.309 e. The van der Waals surface area contributed by atoms with E-state index in [0.717, 1.165) is 115 Å². The molecule has 9 nitrogen and oxygen atoms in total. The van der Waals surface area contributed by atoms with Gasteiger partial charge in [0.25, 0.3) is 0 Å². The molecule has 6 aliphatic rings. The summed E-state index contributed by atoms with van der Waals surface area (Å²) in [7, 11) is -10.5. The van der Waals surface area contributed by atoms with Crippen molar-refractivity contribution in [3.63, 3.8) is 0 Å². The number of nitrogens with zero attached hydrogens (tertiary/aromatic N) is 3. The molecule has 0 atom stereocenters. The van der Waals surface area contributed by atoms with Crippen LogP contribution in [0.25, 0.3) is 127 Å². The Labute approximate surface area is 671 Å². The molecule has 18 aromatic rings. The maximum absolute atomic E-state index is 13.9. The van der Waals surface area contributed by atoms with Gasteiger partial charge in [-0.25, -0.2) is 25.3 Å². The van der Waals surface area contributed by atoms with E-state index < -0.39 is 29.5 Å². The molecule has 0 radical (unpaired) electrons. The summed E-state index contributed by atoms with van der Waals surface area (Å²) in [6, 6.07) is 114. The quantitative estimate of drug-likeness (QED) is 0.172. The molecule has 6 heterocycles. The standard InChI is InChI=1S/C40H24N2O2S.C28H16BrNO2S.C17H12.C12H6Br2O2S/c43-45(44)38-21-19-26(41-34-15-4-1-11-28(34)29-12-2-5-16-35(29)41)23-32(38)33-24-27(20-22-39(33)45)42-36-17-6-3-13-30(36)31-14-7-9-25-10-8-18-37(42)40(25)31;29-18-11-13-26-22(15-18)23-16-19(12-14-27(23)33(26,31)32)30-24-9-2-1-7-20(24)21-8-3-5-17-6-4-10-25(30)28(17)21;1-2-9-15-13(5-1)11-14-8-3-6-12-7-4-10-16(15)17(12)14;13-7-1-3-11-9(5-7)10-6-8(14)2-4-12(10)17(11,15)16/h1-24H;1-16H;1-10H,11H2;1-6H. The van der Waals surface area contributed by atoms with E-state index in [1.807, 2.05) is 66.7 Å². The Morgan fingerprint density at radius 3 is 0.982 bits per heavy atom. The molecule has 0 bridgehead atoms. The molecule has 15 heteroatoms. The first kappa shape index (κ1) is 68.3. The highest BCUT2D eigenvalue weighted by atomic mass is 79.9. The van der Waals surface area contributed by atoms with Gasteiger partial charge in [0.2, 0.25) is 29.5 Å². The van der Waals surface area contributed by atoms with Gasteiger partial charge in [0.05, 0.1) is 63.2 Å². The molecular formula is C97H58Br3N3O6S3. The van der Waals surface area contributed by atoms with E-state index in [-0.39, 0.29) is 0 Å². The van der Waals surface area contributed by atoms with Gasteiger partial charge in [-0.1, -0.05) is 242 Å². The molecule has 0 N–H and O–H groups in total. The molecule has 1 aliphatic carbocycles. The predicted octanol–water partition coefficient (Wildman–Crippen LogP) is 26.5. The van der Waals surface area contributed by atoms with Gasteiger partial charge >= 0.3 is 0 Å². The third-order valence-electron chi connectivity index (χ3n) is 22.5. The summed E-state index contributed by atoms with van der Waals surface area (Å²) in [5.41, 5.74) is 24.2. The minimum atomic E-state index is -3.66. The molecule has 0 amide bonds. The fourth-order valence-corrected chi connectivity index (χ4v) is 23.7. The molecule has 0 unspecified atom stereocenters. The zero-order valence-electron chi connectivity index (χ0n) is 59.2. The van der Waals surface area contributed by atoms with Gasteiger partial charge in [0.1, 0.15) is 0 Å². The Morgan fingerprint density at radius 2 is 0.536 bits per heavy atom. The van der Waals surface area contributed by atoms with Gasteiger partial charge in [-0.15, -0.1) is 0 Å². The molecule has 17 aromatic carbocycles. The summed E-state index contributed by atoms with van der Waals surface area (Å²) in [6.07, 6.45) is 1.06. The second-order valence-electron chi connectivity index (χ2n) is 28.6. The van der Waals surface area contributed by atoms with Crippen LogP contribution in [0.4, 0.5) is 34.1 Å². The third kappa shape index (κ3) is 10.5. The number of fused-ring (bicyclic) bond motifs is 18. The van der Waals surface area contributed by atoms with Crippen LogP contribution in [0.2, 0.25) is 0 Å². The first-order valence-electron chi connectivity index (χ1n) is 36.5. The average molecular weight is 1700 g/mol. The van der Waals surface area contributed by atoms with Crippen LogP contribution in [0.15, 0.2) is 383 Å². The lowest BCUT2D eigenvalue weighted by Gasteiger charge is -2.33. The van der Waals surface area contributed by atoms with Crippen LogP contribution in [-0.2, 0) is 35.9 Å². The summed E-state index contributed by atoms with van der Waals surface area (Å²) < 4.78 is 83.5. The minimum absolute atomic E-state index is 0.351. The molecule has 5 aliphatic heterocycles. The van der Waals surface area contributed by atoms with Gasteiger partial charge in [-0.3, -0.25) is 0 Å². The van der Waals surface area contributed by atoms with Crippen LogP contribution in [0.1, 0.15) is 11.1 Å². The number of hydrogen-bond donors (Lipinski definition) is 0. The SMILES string of the molecule is O=S1(=O)c2ccc(Br)cc2-c2cc(Br)ccc21.O=S1(=O)c2ccc(Br)cc2-c2cc(N3c4ccccc4-c4cccc5cccc3c45)ccc21.O=S1(=O)c2ccc(N3c4ccccc4-c4cccc5cccc3c45)cc2-c2cc(-n3c4ccccc4c4ccccc43)ccc21.c1ccc2c(c1)Cc1cccc3cccc-2c13. The number of hydrogen-bond acceptors (Lipinski definition) is 8. The number of benzene rings is 17. The highest BCUT2D eigenvalue weighted by Gasteiger charge is 2.38. The van der Waals surface area contributed by atoms with Crippen molar-refractivity contribution in [2.45, 2.75) is 35.8 Å². The molecule has 1 aromatic heterocycles. The van der Waals surface area contributed by atoms with Gasteiger partial charge in [-0.2, -0.15) is 0 Å². The average Bonchev–Trinajstić information content (AvgIpc) is 1.46. The molecule has 0 spiro atoms. The molecule has 0 saturated carbocycles. The number of anilines is 6. The third-order valence-corrected chi connectivity index (χ3v) is 29.6. The van der Waals surface area contributed by atoms with E-state index in [1.165, 1.54) is 76.5 Å². The van der Waals surface area contributed by atoms with Crippen LogP contribution >= 0.6 is 47.8 Å². The predicted molar refractivity (Wildman–Crippen MR) is 464 cm³/mol. The highest BCUT2D eigenvalue weighted by molar-refractivity contribution is 9.11. The Kier molecular flexibility index (Phi) is 15.8. The topological polar surface area (TPSA) is 114 Å². The Morgan fingerprint density at radius 1 is 0.232 bits per heavy atom. The smallest absolute Gasteiger partial charge is 0.207 e. The lowest BCUT2D eigenvalue weighted by atomic mass is 9.84. The monoisotopic (exact) mass is 1690 g/mol. The second-order valence-corrected chi connectivity index (χ2v) is 37.0. The normalized spacial score (nSPS) is 14.2. The first-order chi connectivity index (χ1) is 54.6. The summed E-state index contributed by atoms with van der Waals surface area (Å²) in [5.74, 6) is 0. The molecular weight excluding hydrogens is 1640 g/mol. The summed E-state index contributed by atoms with van der Waals surface area (Å²) in [6.45, 7) is 0. The van der Waals surface area contributed by atoms with E-state index in [4.69, 9.17) is 0 Å². The number of aromatic nitrogens is 1. The van der Waals surface area contributed by atoms with Crippen molar-refractivity contribution in [1.29, 1.82) is 0 Å². The lowest BCUT2D eigenvalue weighted by Crippen LogP contribution is -2.15. The summed E-state index contributed by atoms with van der Waals surface area (Å²) >= 11 is 10.2. The Balaban J connectivity index is 0.000000103. The number of rotatable bonds is 3. The first-order valence-corrected chi connectivity index (χ1v) is 43.4. The maximum Gasteiger partial charge on any atom is 0.207 e. The fraction of sp³-hybridized carbons (Fsp3) is 0.0103. The highest BCUT2D eigenvalue weighted by Crippen LogP contribution is 2.56. The van der Waals surface area contributed by atoms with E-state index in [9.17, 15) is 25.3 Å². The van der Waals surface area contributed by atoms with Crippen molar-refractivity contribution in [3.05, 3.63) is 364 Å². The Bertz CT molecular complexity index is 7440. The van der Waals surface area contributed by atoms with Crippen molar-refractivity contribution < 1.29 is 25.3 Å². The van der Waals surface area contributed by atoms with Gasteiger partial charge < -0.3 is 14.4 Å². The van der Waals surface area contributed by atoms with Crippen molar-refractivity contribution in [2.24, 2.45) is 0 Å². The zero-order valence-corrected chi connectivity index (χ0v) is 66.4. The largest absolute Gasteiger partial charge is 0.309 e. The number of sulfone groups is 3. The van der Waals surface area contributed by atoms with E-state index in [0.29, 0.717) is 29.4 Å². The zero-order chi connectivity index (χ0) is 75.6. The molecule has 0 saturated heterocycles. The molecule has 112 heavy (non-hydrogen) atoms. The second kappa shape index (κ2) is 25.9. The van der Waals surface area contributed by atoms with Crippen LogP contribution in [-0.4, -0.2) is 29.8 Å². The van der Waals surface area contributed by atoms with Gasteiger partial charge in [-0.05, 0) is 207 Å². The van der Waals surface area contributed by atoms with Crippen LogP contribution in [0.3, 0.4) is 0 Å². The number of para-hydroxylation sites is 4. The molecule has 24 rings (SSSR count). The fourth-order valence-electron chi connectivity index (χ4n) is 17.7. The van der Waals surface area contributed by atoms with Crippen LogP contribution < -0.4 is 9.80 Å². The van der Waals surface area contributed by atoms with E-state index in [1.54, 1.807) is 54.6 Å². The van der Waals surface area contributed by atoms with Crippen molar-refractivity contribution in [1.82, 2.24) is 4.57 Å².